The zero-order valence-electron chi connectivity index (χ0n) is 12.1. The van der Waals surface area contributed by atoms with E-state index in [-0.39, 0.29) is 5.91 Å². The van der Waals surface area contributed by atoms with Crippen molar-refractivity contribution in [3.63, 3.8) is 0 Å². The Kier molecular flexibility index (Phi) is 4.26. The third-order valence-corrected chi connectivity index (χ3v) is 4.82. The Balaban J connectivity index is 1.57. The molecule has 6 nitrogen and oxygen atoms in total. The molecule has 3 saturated heterocycles. The molecule has 6 heteroatoms. The lowest BCUT2D eigenvalue weighted by Crippen LogP contribution is -2.58. The molecular formula is C14H25N3O3. The van der Waals surface area contributed by atoms with Crippen molar-refractivity contribution in [3.05, 3.63) is 0 Å². The summed E-state index contributed by atoms with van der Waals surface area (Å²) < 4.78 is 10.7. The molecule has 0 aromatic carbocycles. The minimum Gasteiger partial charge on any atom is -0.381 e. The highest BCUT2D eigenvalue weighted by atomic mass is 16.5. The molecule has 0 radical (unpaired) electrons. The van der Waals surface area contributed by atoms with E-state index < -0.39 is 5.54 Å². The van der Waals surface area contributed by atoms with Gasteiger partial charge in [0.15, 0.2) is 0 Å². The second kappa shape index (κ2) is 5.97. The summed E-state index contributed by atoms with van der Waals surface area (Å²) in [5.41, 5.74) is 5.61. The lowest BCUT2D eigenvalue weighted by Gasteiger charge is -2.36. The number of rotatable bonds is 2. The summed E-state index contributed by atoms with van der Waals surface area (Å²) >= 11 is 0. The van der Waals surface area contributed by atoms with Crippen LogP contribution in [0.5, 0.6) is 0 Å². The Morgan fingerprint density at radius 3 is 2.40 bits per heavy atom. The van der Waals surface area contributed by atoms with Crippen molar-refractivity contribution in [2.75, 3.05) is 52.6 Å². The predicted molar refractivity (Wildman–Crippen MR) is 74.3 cm³/mol. The zero-order valence-corrected chi connectivity index (χ0v) is 12.1. The molecule has 1 atom stereocenters. The monoisotopic (exact) mass is 283 g/mol. The first-order chi connectivity index (χ1) is 9.69. The Morgan fingerprint density at radius 1 is 1.05 bits per heavy atom. The molecule has 0 aliphatic carbocycles. The fourth-order valence-corrected chi connectivity index (χ4v) is 3.43. The first kappa shape index (κ1) is 14.3. The van der Waals surface area contributed by atoms with E-state index in [2.05, 4.69) is 4.90 Å². The molecule has 3 aliphatic heterocycles. The van der Waals surface area contributed by atoms with Gasteiger partial charge in [-0.15, -0.1) is 0 Å². The molecule has 0 aromatic heterocycles. The van der Waals surface area contributed by atoms with Gasteiger partial charge in [-0.2, -0.15) is 0 Å². The van der Waals surface area contributed by atoms with Crippen molar-refractivity contribution in [1.82, 2.24) is 9.80 Å². The van der Waals surface area contributed by atoms with Crippen LogP contribution < -0.4 is 5.73 Å². The summed E-state index contributed by atoms with van der Waals surface area (Å²) in [5, 5.41) is 0. The summed E-state index contributed by atoms with van der Waals surface area (Å²) in [6.45, 7) is 6.43. The quantitative estimate of drug-likeness (QED) is 0.735. The highest BCUT2D eigenvalue weighted by Gasteiger charge is 2.41. The van der Waals surface area contributed by atoms with Crippen LogP contribution in [0.4, 0.5) is 0 Å². The number of hydrogen-bond acceptors (Lipinski definition) is 5. The topological polar surface area (TPSA) is 68.0 Å². The largest absolute Gasteiger partial charge is 0.381 e. The van der Waals surface area contributed by atoms with Crippen LogP contribution in [0.15, 0.2) is 0 Å². The van der Waals surface area contributed by atoms with Crippen LogP contribution in [0.25, 0.3) is 0 Å². The van der Waals surface area contributed by atoms with Gasteiger partial charge in [-0.25, -0.2) is 0 Å². The molecule has 1 unspecified atom stereocenters. The van der Waals surface area contributed by atoms with Crippen LogP contribution in [-0.4, -0.2) is 79.9 Å². The average Bonchev–Trinajstić information content (AvgIpc) is 2.98. The Morgan fingerprint density at radius 2 is 1.70 bits per heavy atom. The molecule has 1 amide bonds. The van der Waals surface area contributed by atoms with Crippen LogP contribution in [-0.2, 0) is 14.3 Å². The van der Waals surface area contributed by atoms with Gasteiger partial charge in [0, 0.05) is 45.4 Å². The number of amides is 1. The summed E-state index contributed by atoms with van der Waals surface area (Å²) in [5.74, 6) is 0.122. The molecule has 3 fully saturated rings. The fourth-order valence-electron chi connectivity index (χ4n) is 3.43. The standard InChI is InChI=1S/C14H25N3O3/c15-14(2-7-19-8-3-14)13(18)17-4-1-12(11-17)16-5-9-20-10-6-16/h12H,1-11,15H2. The van der Waals surface area contributed by atoms with Crippen molar-refractivity contribution >= 4 is 5.91 Å². The molecule has 3 heterocycles. The third-order valence-electron chi connectivity index (χ3n) is 4.82. The normalized spacial score (nSPS) is 31.4. The summed E-state index contributed by atoms with van der Waals surface area (Å²) in [6, 6.07) is 0.478. The van der Waals surface area contributed by atoms with Crippen molar-refractivity contribution in [2.24, 2.45) is 5.73 Å². The van der Waals surface area contributed by atoms with Crippen molar-refractivity contribution < 1.29 is 14.3 Å². The highest BCUT2D eigenvalue weighted by molar-refractivity contribution is 5.86. The van der Waals surface area contributed by atoms with E-state index in [0.29, 0.717) is 32.1 Å². The first-order valence-corrected chi connectivity index (χ1v) is 7.67. The van der Waals surface area contributed by atoms with Crippen LogP contribution >= 0.6 is 0 Å². The van der Waals surface area contributed by atoms with E-state index in [1.54, 1.807) is 0 Å². The zero-order chi connectivity index (χ0) is 14.0. The number of ether oxygens (including phenoxy) is 2. The second-order valence-electron chi connectivity index (χ2n) is 6.11. The van der Waals surface area contributed by atoms with Crippen LogP contribution in [0, 0.1) is 0 Å². The van der Waals surface area contributed by atoms with Crippen molar-refractivity contribution in [3.8, 4) is 0 Å². The van der Waals surface area contributed by atoms with Gasteiger partial charge in [0.1, 0.15) is 0 Å². The maximum Gasteiger partial charge on any atom is 0.242 e. The fraction of sp³-hybridized carbons (Fsp3) is 0.929. The SMILES string of the molecule is NC1(C(=O)N2CCC(N3CCOCC3)C2)CCOCC1. The van der Waals surface area contributed by atoms with Crippen molar-refractivity contribution in [2.45, 2.75) is 30.8 Å². The molecule has 0 bridgehead atoms. The molecule has 20 heavy (non-hydrogen) atoms. The Labute approximate surface area is 120 Å². The maximum atomic E-state index is 12.7. The minimum atomic E-state index is -0.696. The van der Waals surface area contributed by atoms with Crippen LogP contribution in [0.1, 0.15) is 19.3 Å². The van der Waals surface area contributed by atoms with Gasteiger partial charge in [-0.1, -0.05) is 0 Å². The van der Waals surface area contributed by atoms with Crippen LogP contribution in [0.3, 0.4) is 0 Å². The highest BCUT2D eigenvalue weighted by Crippen LogP contribution is 2.24. The lowest BCUT2D eigenvalue weighted by molar-refractivity contribution is -0.139. The van der Waals surface area contributed by atoms with E-state index in [9.17, 15) is 4.79 Å². The molecule has 3 aliphatic rings. The van der Waals surface area contributed by atoms with E-state index >= 15 is 0 Å². The van der Waals surface area contributed by atoms with E-state index in [4.69, 9.17) is 15.2 Å². The molecule has 0 saturated carbocycles. The number of nitrogens with two attached hydrogens (primary N) is 1. The van der Waals surface area contributed by atoms with Gasteiger partial charge in [0.05, 0.1) is 18.8 Å². The van der Waals surface area contributed by atoms with Crippen molar-refractivity contribution in [1.29, 1.82) is 0 Å². The number of carbonyl (C=O) groups excluding carboxylic acids is 1. The van der Waals surface area contributed by atoms with Gasteiger partial charge in [-0.3, -0.25) is 9.69 Å². The van der Waals surface area contributed by atoms with Gasteiger partial charge >= 0.3 is 0 Å². The van der Waals surface area contributed by atoms with E-state index in [1.165, 1.54) is 0 Å². The number of nitrogens with zero attached hydrogens (tertiary/aromatic N) is 2. The molecule has 114 valence electrons. The molecular weight excluding hydrogens is 258 g/mol. The Hall–Kier alpha value is -0.690. The van der Waals surface area contributed by atoms with E-state index in [0.717, 1.165) is 45.8 Å². The molecule has 0 spiro atoms. The van der Waals surface area contributed by atoms with Gasteiger partial charge in [0.2, 0.25) is 5.91 Å². The average molecular weight is 283 g/mol. The Bertz CT molecular complexity index is 352. The van der Waals surface area contributed by atoms with E-state index in [1.807, 2.05) is 4.90 Å². The molecule has 0 aromatic rings. The first-order valence-electron chi connectivity index (χ1n) is 7.67. The molecule has 3 rings (SSSR count). The lowest BCUT2D eigenvalue weighted by atomic mass is 9.90. The van der Waals surface area contributed by atoms with Gasteiger partial charge < -0.3 is 20.1 Å². The third kappa shape index (κ3) is 2.83. The smallest absolute Gasteiger partial charge is 0.242 e. The summed E-state index contributed by atoms with van der Waals surface area (Å²) in [7, 11) is 0. The van der Waals surface area contributed by atoms with Crippen LogP contribution in [0.2, 0.25) is 0 Å². The number of likely N-dealkylation sites (tertiary alicyclic amines) is 1. The number of carbonyl (C=O) groups is 1. The number of morpholine rings is 1. The maximum absolute atomic E-state index is 12.7. The summed E-state index contributed by atoms with van der Waals surface area (Å²) in [6.07, 6.45) is 2.34. The van der Waals surface area contributed by atoms with Gasteiger partial charge in [-0.05, 0) is 19.3 Å². The summed E-state index contributed by atoms with van der Waals surface area (Å²) in [4.78, 5) is 17.1. The molecule has 2 N–H and O–H groups in total. The number of hydrogen-bond donors (Lipinski definition) is 1. The van der Waals surface area contributed by atoms with Gasteiger partial charge in [0.25, 0.3) is 0 Å². The second-order valence-corrected chi connectivity index (χ2v) is 6.11. The minimum absolute atomic E-state index is 0.122. The predicted octanol–water partition coefficient (Wildman–Crippen LogP) is -0.573.